The van der Waals surface area contributed by atoms with E-state index in [2.05, 4.69) is 10.6 Å². The summed E-state index contributed by atoms with van der Waals surface area (Å²) in [7, 11) is 1.30. The van der Waals surface area contributed by atoms with E-state index < -0.39 is 5.97 Å². The van der Waals surface area contributed by atoms with Crippen LogP contribution in [0, 0.1) is 13.8 Å². The second-order valence-electron chi connectivity index (χ2n) is 5.52. The Morgan fingerprint density at radius 2 is 1.73 bits per heavy atom. The van der Waals surface area contributed by atoms with Gasteiger partial charge in [-0.3, -0.25) is 9.59 Å². The van der Waals surface area contributed by atoms with Gasteiger partial charge in [0, 0.05) is 17.5 Å². The molecule has 0 bridgehead atoms. The normalized spacial score (nSPS) is 10.2. The third-order valence-electron chi connectivity index (χ3n) is 3.57. The zero-order valence-corrected chi connectivity index (χ0v) is 15.8. The van der Waals surface area contributed by atoms with Crippen molar-refractivity contribution in [1.29, 1.82) is 0 Å². The predicted molar refractivity (Wildman–Crippen MR) is 100 cm³/mol. The van der Waals surface area contributed by atoms with Crippen molar-refractivity contribution in [3.8, 4) is 5.75 Å². The number of benzene rings is 1. The van der Waals surface area contributed by atoms with Gasteiger partial charge in [-0.2, -0.15) is 0 Å². The topological polar surface area (TPSA) is 93.7 Å². The van der Waals surface area contributed by atoms with Crippen LogP contribution in [0.2, 0.25) is 0 Å². The summed E-state index contributed by atoms with van der Waals surface area (Å²) in [6, 6.07) is 6.65. The van der Waals surface area contributed by atoms with E-state index in [0.29, 0.717) is 22.0 Å². The highest BCUT2D eigenvalue weighted by Crippen LogP contribution is 2.32. The lowest BCUT2D eigenvalue weighted by molar-refractivity contribution is -0.118. The Morgan fingerprint density at radius 1 is 1.08 bits per heavy atom. The average Bonchev–Trinajstić information content (AvgIpc) is 2.87. The Balaban J connectivity index is 1.98. The smallest absolute Gasteiger partial charge is 0.341 e. The number of ether oxygens (including phenoxy) is 2. The second-order valence-corrected chi connectivity index (χ2v) is 6.75. The zero-order valence-electron chi connectivity index (χ0n) is 15.0. The highest BCUT2D eigenvalue weighted by atomic mass is 32.1. The van der Waals surface area contributed by atoms with Crippen molar-refractivity contribution in [2.24, 2.45) is 0 Å². The SMILES string of the molecule is COC(=O)c1c(NC(=O)COc2ccc(NC(C)=O)cc2)sc(C)c1C. The van der Waals surface area contributed by atoms with Gasteiger partial charge in [-0.25, -0.2) is 4.79 Å². The number of amides is 2. The van der Waals surface area contributed by atoms with Crippen LogP contribution < -0.4 is 15.4 Å². The van der Waals surface area contributed by atoms with E-state index in [1.807, 2.05) is 6.92 Å². The van der Waals surface area contributed by atoms with E-state index in [-0.39, 0.29) is 18.4 Å². The summed E-state index contributed by atoms with van der Waals surface area (Å²) in [4.78, 5) is 36.0. The number of hydrogen-bond donors (Lipinski definition) is 2. The number of carbonyl (C=O) groups is 3. The van der Waals surface area contributed by atoms with Gasteiger partial charge in [0.1, 0.15) is 10.8 Å². The van der Waals surface area contributed by atoms with Crippen LogP contribution in [0.3, 0.4) is 0 Å². The molecule has 2 amide bonds. The molecule has 0 fully saturated rings. The van der Waals surface area contributed by atoms with E-state index in [1.54, 1.807) is 31.2 Å². The summed E-state index contributed by atoms with van der Waals surface area (Å²) in [5.41, 5.74) is 1.79. The Kier molecular flexibility index (Phi) is 6.35. The molecule has 0 aliphatic rings. The number of aryl methyl sites for hydroxylation is 1. The molecule has 2 aromatic rings. The molecule has 0 atom stereocenters. The number of rotatable bonds is 6. The number of nitrogens with one attached hydrogen (secondary N) is 2. The highest BCUT2D eigenvalue weighted by molar-refractivity contribution is 7.16. The van der Waals surface area contributed by atoms with Crippen LogP contribution in [0.25, 0.3) is 0 Å². The van der Waals surface area contributed by atoms with E-state index in [4.69, 9.17) is 9.47 Å². The maximum Gasteiger partial charge on any atom is 0.341 e. The van der Waals surface area contributed by atoms with Gasteiger partial charge < -0.3 is 20.1 Å². The fraction of sp³-hybridized carbons (Fsp3) is 0.278. The molecule has 1 aromatic carbocycles. The van der Waals surface area contributed by atoms with E-state index >= 15 is 0 Å². The molecular weight excluding hydrogens is 356 g/mol. The van der Waals surface area contributed by atoms with Crippen LogP contribution in [-0.4, -0.2) is 31.5 Å². The van der Waals surface area contributed by atoms with Gasteiger partial charge >= 0.3 is 5.97 Å². The molecular formula is C18H20N2O5S. The fourth-order valence-corrected chi connectivity index (χ4v) is 3.28. The molecule has 1 heterocycles. The maximum absolute atomic E-state index is 12.1. The second kappa shape index (κ2) is 8.48. The average molecular weight is 376 g/mol. The zero-order chi connectivity index (χ0) is 19.3. The number of esters is 1. The van der Waals surface area contributed by atoms with Crippen molar-refractivity contribution in [2.75, 3.05) is 24.4 Å². The van der Waals surface area contributed by atoms with Crippen LogP contribution in [-0.2, 0) is 14.3 Å². The first kappa shape index (κ1) is 19.5. The van der Waals surface area contributed by atoms with Gasteiger partial charge in [0.25, 0.3) is 5.91 Å². The van der Waals surface area contributed by atoms with Crippen molar-refractivity contribution in [2.45, 2.75) is 20.8 Å². The summed E-state index contributed by atoms with van der Waals surface area (Å²) >= 11 is 1.31. The van der Waals surface area contributed by atoms with Crippen LogP contribution >= 0.6 is 11.3 Å². The maximum atomic E-state index is 12.1. The van der Waals surface area contributed by atoms with Crippen molar-refractivity contribution >= 4 is 39.8 Å². The van der Waals surface area contributed by atoms with Crippen molar-refractivity contribution in [3.05, 3.63) is 40.3 Å². The molecule has 8 heteroatoms. The number of hydrogen-bond acceptors (Lipinski definition) is 6. The number of carbonyl (C=O) groups excluding carboxylic acids is 3. The van der Waals surface area contributed by atoms with Crippen molar-refractivity contribution in [1.82, 2.24) is 0 Å². The first-order valence-electron chi connectivity index (χ1n) is 7.80. The summed E-state index contributed by atoms with van der Waals surface area (Å²) in [5, 5.41) is 5.78. The summed E-state index contributed by atoms with van der Waals surface area (Å²) < 4.78 is 10.2. The first-order chi connectivity index (χ1) is 12.3. The molecule has 0 saturated heterocycles. The molecule has 2 N–H and O–H groups in total. The third kappa shape index (κ3) is 4.82. The molecule has 1 aromatic heterocycles. The lowest BCUT2D eigenvalue weighted by atomic mass is 10.1. The lowest BCUT2D eigenvalue weighted by Crippen LogP contribution is -2.21. The molecule has 0 unspecified atom stereocenters. The molecule has 138 valence electrons. The summed E-state index contributed by atoms with van der Waals surface area (Å²) in [6.07, 6.45) is 0. The van der Waals surface area contributed by atoms with E-state index in [9.17, 15) is 14.4 Å². The van der Waals surface area contributed by atoms with Crippen LogP contribution in [0.1, 0.15) is 27.7 Å². The largest absolute Gasteiger partial charge is 0.484 e. The number of methoxy groups -OCH3 is 1. The first-order valence-corrected chi connectivity index (χ1v) is 8.62. The molecule has 0 spiro atoms. The molecule has 0 aliphatic heterocycles. The van der Waals surface area contributed by atoms with Gasteiger partial charge in [-0.1, -0.05) is 0 Å². The van der Waals surface area contributed by atoms with Crippen LogP contribution in [0.5, 0.6) is 5.75 Å². The summed E-state index contributed by atoms with van der Waals surface area (Å²) in [5.74, 6) is -0.555. The molecule has 2 rings (SSSR count). The molecule has 26 heavy (non-hydrogen) atoms. The quantitative estimate of drug-likeness (QED) is 0.756. The Morgan fingerprint density at radius 3 is 2.31 bits per heavy atom. The molecule has 0 radical (unpaired) electrons. The molecule has 0 saturated carbocycles. The highest BCUT2D eigenvalue weighted by Gasteiger charge is 2.21. The van der Waals surface area contributed by atoms with Gasteiger partial charge in [0.05, 0.1) is 12.7 Å². The molecule has 7 nitrogen and oxygen atoms in total. The van der Waals surface area contributed by atoms with E-state index in [0.717, 1.165) is 10.4 Å². The minimum absolute atomic E-state index is 0.166. The van der Waals surface area contributed by atoms with Crippen molar-refractivity contribution in [3.63, 3.8) is 0 Å². The Hall–Kier alpha value is -2.87. The summed E-state index contributed by atoms with van der Waals surface area (Å²) in [6.45, 7) is 4.89. The van der Waals surface area contributed by atoms with Crippen LogP contribution in [0.15, 0.2) is 24.3 Å². The standard InChI is InChI=1S/C18H20N2O5S/c1-10-11(2)26-17(16(10)18(23)24-4)20-15(22)9-25-14-7-5-13(6-8-14)19-12(3)21/h5-8H,9H2,1-4H3,(H,19,21)(H,20,22). The van der Waals surface area contributed by atoms with Crippen LogP contribution in [0.4, 0.5) is 10.7 Å². The Bertz CT molecular complexity index is 827. The minimum atomic E-state index is -0.489. The Labute approximate surface area is 155 Å². The third-order valence-corrected chi connectivity index (χ3v) is 4.70. The number of anilines is 2. The van der Waals surface area contributed by atoms with Crippen molar-refractivity contribution < 1.29 is 23.9 Å². The van der Waals surface area contributed by atoms with E-state index in [1.165, 1.54) is 25.4 Å². The fourth-order valence-electron chi connectivity index (χ4n) is 2.21. The van der Waals surface area contributed by atoms with Gasteiger partial charge in [0.15, 0.2) is 6.61 Å². The van der Waals surface area contributed by atoms with Gasteiger partial charge in [0.2, 0.25) is 5.91 Å². The van der Waals surface area contributed by atoms with Gasteiger partial charge in [-0.15, -0.1) is 11.3 Å². The van der Waals surface area contributed by atoms with Gasteiger partial charge in [-0.05, 0) is 43.7 Å². The number of thiophene rings is 1. The predicted octanol–water partition coefficient (Wildman–Crippen LogP) is 3.13. The minimum Gasteiger partial charge on any atom is -0.484 e. The lowest BCUT2D eigenvalue weighted by Gasteiger charge is -2.09. The monoisotopic (exact) mass is 376 g/mol. The molecule has 0 aliphatic carbocycles.